The molecule has 17 nitrogen and oxygen atoms in total. The lowest BCUT2D eigenvalue weighted by Gasteiger charge is -2.21. The van der Waals surface area contributed by atoms with E-state index in [0.717, 1.165) is 108 Å². The van der Waals surface area contributed by atoms with Crippen molar-refractivity contribution in [2.75, 3.05) is 39.6 Å². The number of ether oxygens (including phenoxy) is 4. The molecule has 0 aromatic rings. The molecule has 3 unspecified atom stereocenters. The molecular weight excluding hydrogens is 1450 g/mol. The maximum Gasteiger partial charge on any atom is 0.472 e. The fraction of sp³-hybridized carbons (Fsp3) is 0.957. The van der Waals surface area contributed by atoms with Crippen LogP contribution in [0.4, 0.5) is 0 Å². The standard InChI is InChI=1S/C93H182O17P2/c1-8-10-11-12-13-14-15-29-39-46-53-60-67-74-90(95)103-80-88(109-93(98)77-70-63-56-49-42-35-28-22-24-31-37-44-51-58-65-72-85(5)6)82-107-111(99,100)105-78-87(94)79-106-112(101,102)108-83-89(81-104-91(96)75-68-61-54-47-40-33-26-21-20-23-30-36-43-50-57-64-71-84(3)4)110-92(97)76-69-62-55-48-41-34-27-19-17-16-18-25-32-38-45-52-59-66-73-86(7)9-2/h84-89,94H,8-83H2,1-7H3,(H,99,100)(H,101,102)/t86?,87-,88+,89+/m0/s1. The molecule has 0 spiro atoms. The van der Waals surface area contributed by atoms with Gasteiger partial charge in [-0.25, -0.2) is 9.13 Å². The molecule has 0 aromatic carbocycles. The zero-order valence-corrected chi connectivity index (χ0v) is 75.9. The minimum Gasteiger partial charge on any atom is -0.462 e. The van der Waals surface area contributed by atoms with Crippen molar-refractivity contribution in [1.82, 2.24) is 0 Å². The molecule has 0 bridgehead atoms. The molecule has 0 aliphatic rings. The van der Waals surface area contributed by atoms with Crippen molar-refractivity contribution in [2.45, 2.75) is 516 Å². The molecule has 6 atom stereocenters. The van der Waals surface area contributed by atoms with Gasteiger partial charge >= 0.3 is 39.5 Å². The number of phosphoric ester groups is 2. The highest BCUT2D eigenvalue weighted by Gasteiger charge is 2.31. The average molecular weight is 1630 g/mol. The number of carbonyl (C=O) groups excluding carboxylic acids is 4. The van der Waals surface area contributed by atoms with Crippen molar-refractivity contribution in [3.8, 4) is 0 Å². The van der Waals surface area contributed by atoms with Gasteiger partial charge in [-0.1, -0.05) is 447 Å². The van der Waals surface area contributed by atoms with Gasteiger partial charge in [-0.3, -0.25) is 37.3 Å². The van der Waals surface area contributed by atoms with Crippen LogP contribution >= 0.6 is 15.6 Å². The van der Waals surface area contributed by atoms with E-state index < -0.39 is 97.5 Å². The number of carbonyl (C=O) groups is 4. The van der Waals surface area contributed by atoms with Crippen LogP contribution in [0.25, 0.3) is 0 Å². The second kappa shape index (κ2) is 82.7. The van der Waals surface area contributed by atoms with Crippen molar-refractivity contribution >= 4 is 39.5 Å². The minimum atomic E-state index is -4.97. The number of aliphatic hydroxyl groups excluding tert-OH is 1. The Labute approximate surface area is 689 Å². The summed E-state index contributed by atoms with van der Waals surface area (Å²) in [6.45, 7) is 12.2. The van der Waals surface area contributed by atoms with Crippen LogP contribution in [0.15, 0.2) is 0 Å². The van der Waals surface area contributed by atoms with E-state index in [1.54, 1.807) is 0 Å². The van der Waals surface area contributed by atoms with Crippen LogP contribution in [0, 0.1) is 17.8 Å². The monoisotopic (exact) mass is 1630 g/mol. The molecule has 19 heteroatoms. The second-order valence-corrected chi connectivity index (χ2v) is 37.5. The van der Waals surface area contributed by atoms with Crippen LogP contribution in [0.3, 0.4) is 0 Å². The van der Waals surface area contributed by atoms with E-state index in [2.05, 4.69) is 48.5 Å². The molecule has 0 heterocycles. The van der Waals surface area contributed by atoms with Crippen molar-refractivity contribution in [3.63, 3.8) is 0 Å². The third-order valence-corrected chi connectivity index (χ3v) is 24.1. The fourth-order valence-corrected chi connectivity index (χ4v) is 16.2. The molecule has 0 radical (unpaired) electrons. The molecule has 0 fully saturated rings. The van der Waals surface area contributed by atoms with Crippen molar-refractivity contribution < 1.29 is 80.2 Å². The smallest absolute Gasteiger partial charge is 0.462 e. The average Bonchev–Trinajstić information content (AvgIpc) is 0.898. The summed E-state index contributed by atoms with van der Waals surface area (Å²) in [7, 11) is -9.94. The summed E-state index contributed by atoms with van der Waals surface area (Å²) in [5.41, 5.74) is 0. The summed E-state index contributed by atoms with van der Waals surface area (Å²) in [5, 5.41) is 10.7. The number of phosphoric acid groups is 2. The number of rotatable bonds is 91. The van der Waals surface area contributed by atoms with E-state index in [1.165, 1.54) is 308 Å². The van der Waals surface area contributed by atoms with Gasteiger partial charge in [0.1, 0.15) is 19.3 Å². The zero-order chi connectivity index (χ0) is 82.2. The predicted octanol–water partition coefficient (Wildman–Crippen LogP) is 28.8. The van der Waals surface area contributed by atoms with Crippen molar-refractivity contribution in [1.29, 1.82) is 0 Å². The van der Waals surface area contributed by atoms with E-state index in [4.69, 9.17) is 37.0 Å². The van der Waals surface area contributed by atoms with E-state index in [9.17, 15) is 43.2 Å². The quantitative estimate of drug-likeness (QED) is 0.0222. The maximum absolute atomic E-state index is 13.2. The lowest BCUT2D eigenvalue weighted by molar-refractivity contribution is -0.161. The molecule has 0 saturated carbocycles. The molecule has 0 amide bonds. The number of esters is 4. The first-order valence-corrected chi connectivity index (χ1v) is 50.9. The van der Waals surface area contributed by atoms with Crippen LogP contribution in [-0.4, -0.2) is 96.7 Å². The molecule has 0 saturated heterocycles. The molecule has 3 N–H and O–H groups in total. The second-order valence-electron chi connectivity index (χ2n) is 34.6. The highest BCUT2D eigenvalue weighted by atomic mass is 31.2. The zero-order valence-electron chi connectivity index (χ0n) is 74.2. The number of unbranched alkanes of at least 4 members (excludes halogenated alkanes) is 58. The Bertz CT molecular complexity index is 2150. The molecule has 0 aliphatic carbocycles. The van der Waals surface area contributed by atoms with Gasteiger partial charge < -0.3 is 33.8 Å². The van der Waals surface area contributed by atoms with Gasteiger partial charge in [0, 0.05) is 25.7 Å². The highest BCUT2D eigenvalue weighted by molar-refractivity contribution is 7.47. The van der Waals surface area contributed by atoms with Gasteiger partial charge in [0.25, 0.3) is 0 Å². The summed E-state index contributed by atoms with van der Waals surface area (Å²) >= 11 is 0. The molecule has 0 rings (SSSR count). The first-order valence-electron chi connectivity index (χ1n) is 47.9. The Balaban J connectivity index is 5.26. The molecule has 0 aliphatic heterocycles. The lowest BCUT2D eigenvalue weighted by atomic mass is 9.99. The summed E-state index contributed by atoms with van der Waals surface area (Å²) < 4.78 is 69.2. The van der Waals surface area contributed by atoms with E-state index in [1.807, 2.05) is 0 Å². The first-order chi connectivity index (χ1) is 54.3. The van der Waals surface area contributed by atoms with Gasteiger partial charge in [-0.05, 0) is 43.4 Å². The topological polar surface area (TPSA) is 237 Å². The van der Waals surface area contributed by atoms with E-state index in [-0.39, 0.29) is 25.7 Å². The number of hydrogen-bond donors (Lipinski definition) is 3. The molecule has 112 heavy (non-hydrogen) atoms. The largest absolute Gasteiger partial charge is 0.472 e. The van der Waals surface area contributed by atoms with Crippen LogP contribution < -0.4 is 0 Å². The van der Waals surface area contributed by atoms with Gasteiger partial charge in [-0.15, -0.1) is 0 Å². The van der Waals surface area contributed by atoms with E-state index in [0.29, 0.717) is 25.7 Å². The van der Waals surface area contributed by atoms with Gasteiger partial charge in [0.05, 0.1) is 26.4 Å². The maximum atomic E-state index is 13.2. The van der Waals surface area contributed by atoms with Gasteiger partial charge in [-0.2, -0.15) is 0 Å². The van der Waals surface area contributed by atoms with Crippen LogP contribution in [0.1, 0.15) is 498 Å². The van der Waals surface area contributed by atoms with Gasteiger partial charge in [0.15, 0.2) is 12.2 Å². The van der Waals surface area contributed by atoms with Gasteiger partial charge in [0.2, 0.25) is 0 Å². The lowest BCUT2D eigenvalue weighted by Crippen LogP contribution is -2.30. The number of aliphatic hydroxyl groups is 1. The third kappa shape index (κ3) is 84.5. The van der Waals surface area contributed by atoms with Crippen LogP contribution in [0.2, 0.25) is 0 Å². The molecule has 0 aromatic heterocycles. The predicted molar refractivity (Wildman–Crippen MR) is 465 cm³/mol. The number of hydrogen-bond acceptors (Lipinski definition) is 15. The summed E-state index contributed by atoms with van der Waals surface area (Å²) in [5.74, 6) is 0.393. The van der Waals surface area contributed by atoms with Crippen LogP contribution in [0.5, 0.6) is 0 Å². The SMILES string of the molecule is CCCCCCCCCCCCCCCC(=O)OC[C@H](COP(=O)(O)OC[C@H](O)COP(=O)(O)OC[C@@H](COC(=O)CCCCCCCCCCCCCCCCCCC(C)C)OC(=O)CCCCCCCCCCCCCCCCCCCCC(C)CC)OC(=O)CCCCCCCCCCCCCCCCCC(C)C. The Morgan fingerprint density at radius 3 is 0.679 bits per heavy atom. The Hall–Kier alpha value is -1.94. The first kappa shape index (κ1) is 110. The van der Waals surface area contributed by atoms with E-state index >= 15 is 0 Å². The van der Waals surface area contributed by atoms with Crippen molar-refractivity contribution in [2.24, 2.45) is 17.8 Å². The summed E-state index contributed by atoms with van der Waals surface area (Å²) in [4.78, 5) is 73.5. The normalized spacial score (nSPS) is 14.0. The highest BCUT2D eigenvalue weighted by Crippen LogP contribution is 2.45. The summed E-state index contributed by atoms with van der Waals surface area (Å²) in [6.07, 6.45) is 76.3. The molecule has 666 valence electrons. The minimum absolute atomic E-state index is 0.108. The Morgan fingerprint density at radius 1 is 0.259 bits per heavy atom. The van der Waals surface area contributed by atoms with Crippen LogP contribution in [-0.2, 0) is 65.4 Å². The molecular formula is C93H182O17P2. The van der Waals surface area contributed by atoms with Crippen molar-refractivity contribution in [3.05, 3.63) is 0 Å². The fourth-order valence-electron chi connectivity index (χ4n) is 14.6. The summed E-state index contributed by atoms with van der Waals surface area (Å²) in [6, 6.07) is 0. The Morgan fingerprint density at radius 2 is 0.455 bits per heavy atom. The third-order valence-electron chi connectivity index (χ3n) is 22.2. The Kier molecular flexibility index (Phi) is 81.3.